The Morgan fingerprint density at radius 3 is 2.66 bits per heavy atom. The van der Waals surface area contributed by atoms with Gasteiger partial charge in [0.1, 0.15) is 17.2 Å². The third kappa shape index (κ3) is 5.72. The smallest absolute Gasteiger partial charge is 0.417 e. The van der Waals surface area contributed by atoms with E-state index >= 15 is 4.39 Å². The number of hydrogen-bond acceptors (Lipinski definition) is 6. The molecule has 1 aliphatic rings. The van der Waals surface area contributed by atoms with E-state index in [9.17, 15) is 4.79 Å². The standard InChI is InChI=1S/C31H33FN6O3/c1-19-14-20(16-36(6)7)8-9-21(19)23-15-34-29(37-18-27(33-5)35-28(23)37)38(30(39)41-31(2,3)4)17-24-22-12-13-40-26(22)11-10-25(24)32/h8-11,14-15,18H,12-13,16-17H2,1-4,6-7H3. The molecule has 2 aromatic carbocycles. The predicted octanol–water partition coefficient (Wildman–Crippen LogP) is 6.33. The van der Waals surface area contributed by atoms with Gasteiger partial charge >= 0.3 is 6.09 Å². The van der Waals surface area contributed by atoms with Gasteiger partial charge in [-0.2, -0.15) is 0 Å². The number of ether oxygens (including phenoxy) is 2. The van der Waals surface area contributed by atoms with Gasteiger partial charge in [0.05, 0.1) is 18.7 Å². The number of benzene rings is 2. The Labute approximate surface area is 239 Å². The maximum atomic E-state index is 15.2. The first kappa shape index (κ1) is 28.1. The molecule has 2 aromatic heterocycles. The molecule has 9 nitrogen and oxygen atoms in total. The van der Waals surface area contributed by atoms with E-state index in [0.29, 0.717) is 41.1 Å². The number of halogens is 1. The molecule has 0 N–H and O–H groups in total. The van der Waals surface area contributed by atoms with E-state index in [0.717, 1.165) is 17.7 Å². The van der Waals surface area contributed by atoms with E-state index in [1.807, 2.05) is 27.1 Å². The highest BCUT2D eigenvalue weighted by molar-refractivity contribution is 5.88. The molecule has 41 heavy (non-hydrogen) atoms. The van der Waals surface area contributed by atoms with Gasteiger partial charge in [0.25, 0.3) is 5.82 Å². The SMILES string of the molecule is [C-]#[N+]c1cn2c(N(Cc3c(F)ccc4c3CCO4)C(=O)OC(C)(C)C)ncc(-c3ccc(CN(C)C)cc3C)c2n1. The lowest BCUT2D eigenvalue weighted by Crippen LogP contribution is -2.38. The molecule has 1 amide bonds. The zero-order valence-electron chi connectivity index (χ0n) is 24.2. The lowest BCUT2D eigenvalue weighted by atomic mass is 10.00. The first-order valence-corrected chi connectivity index (χ1v) is 13.4. The Morgan fingerprint density at radius 1 is 1.20 bits per heavy atom. The highest BCUT2D eigenvalue weighted by Crippen LogP contribution is 2.35. The summed E-state index contributed by atoms with van der Waals surface area (Å²) in [7, 11) is 4.04. The molecule has 0 fully saturated rings. The van der Waals surface area contributed by atoms with E-state index in [1.54, 1.807) is 37.4 Å². The Bertz CT molecular complexity index is 1680. The molecule has 0 saturated carbocycles. The molecule has 0 saturated heterocycles. The second-order valence-electron chi connectivity index (χ2n) is 11.4. The number of fused-ring (bicyclic) bond motifs is 2. The quantitative estimate of drug-likeness (QED) is 0.258. The maximum Gasteiger partial charge on any atom is 0.417 e. The van der Waals surface area contributed by atoms with Crippen LogP contribution in [0, 0.1) is 19.3 Å². The van der Waals surface area contributed by atoms with Crippen molar-refractivity contribution in [3.05, 3.63) is 82.2 Å². The first-order valence-electron chi connectivity index (χ1n) is 13.4. The molecule has 212 valence electrons. The van der Waals surface area contributed by atoms with Crippen LogP contribution in [0.4, 0.5) is 21.0 Å². The van der Waals surface area contributed by atoms with Crippen molar-refractivity contribution in [2.75, 3.05) is 25.6 Å². The van der Waals surface area contributed by atoms with E-state index in [-0.39, 0.29) is 18.3 Å². The number of aromatic nitrogens is 3. The van der Waals surface area contributed by atoms with Crippen LogP contribution in [0.25, 0.3) is 21.6 Å². The van der Waals surface area contributed by atoms with Gasteiger partial charge in [-0.1, -0.05) is 29.8 Å². The zero-order chi connectivity index (χ0) is 29.5. The van der Waals surface area contributed by atoms with Crippen molar-refractivity contribution < 1.29 is 18.7 Å². The van der Waals surface area contributed by atoms with E-state index in [1.165, 1.54) is 22.7 Å². The Kier molecular flexibility index (Phi) is 7.41. The van der Waals surface area contributed by atoms with Crippen LogP contribution in [0.15, 0.2) is 42.7 Å². The number of nitrogens with zero attached hydrogens (tertiary/aromatic N) is 6. The molecule has 0 unspecified atom stereocenters. The van der Waals surface area contributed by atoms with Crippen LogP contribution in [-0.2, 0) is 24.2 Å². The normalized spacial score (nSPS) is 12.8. The minimum Gasteiger partial charge on any atom is -0.493 e. The molecule has 10 heteroatoms. The van der Waals surface area contributed by atoms with Crippen LogP contribution in [0.2, 0.25) is 0 Å². The summed E-state index contributed by atoms with van der Waals surface area (Å²) in [6.45, 7) is 16.0. The molecule has 0 aliphatic carbocycles. The van der Waals surface area contributed by atoms with E-state index in [2.05, 4.69) is 26.9 Å². The topological polar surface area (TPSA) is 76.6 Å². The van der Waals surface area contributed by atoms with Gasteiger partial charge in [-0.25, -0.2) is 19.1 Å². The number of rotatable bonds is 6. The van der Waals surface area contributed by atoms with Crippen LogP contribution >= 0.6 is 0 Å². The van der Waals surface area contributed by atoms with Crippen molar-refractivity contribution in [3.8, 4) is 16.9 Å². The molecule has 0 spiro atoms. The second kappa shape index (κ2) is 10.8. The van der Waals surface area contributed by atoms with Gasteiger partial charge in [-0.3, -0.25) is 4.40 Å². The summed E-state index contributed by atoms with van der Waals surface area (Å²) in [4.78, 5) is 29.8. The summed E-state index contributed by atoms with van der Waals surface area (Å²) in [6, 6.07) is 9.14. The molecule has 0 atom stereocenters. The maximum absolute atomic E-state index is 15.2. The van der Waals surface area contributed by atoms with Gasteiger partial charge in [-0.05, 0) is 70.6 Å². The minimum atomic E-state index is -0.809. The Morgan fingerprint density at radius 2 is 1.98 bits per heavy atom. The fourth-order valence-electron chi connectivity index (χ4n) is 5.07. The van der Waals surface area contributed by atoms with Gasteiger partial charge in [0.2, 0.25) is 11.6 Å². The highest BCUT2D eigenvalue weighted by atomic mass is 19.1. The zero-order valence-corrected chi connectivity index (χ0v) is 24.2. The molecular weight excluding hydrogens is 523 g/mol. The van der Waals surface area contributed by atoms with Crippen molar-refractivity contribution in [2.45, 2.75) is 52.8 Å². The van der Waals surface area contributed by atoms with Gasteiger partial charge in [-0.15, -0.1) is 0 Å². The predicted molar refractivity (Wildman–Crippen MR) is 155 cm³/mol. The summed E-state index contributed by atoms with van der Waals surface area (Å²) in [5, 5.41) is 0. The monoisotopic (exact) mass is 556 g/mol. The third-order valence-electron chi connectivity index (χ3n) is 6.77. The molecule has 3 heterocycles. The number of aryl methyl sites for hydroxylation is 1. The molecule has 5 rings (SSSR count). The number of carbonyl (C=O) groups excluding carboxylic acids is 1. The summed E-state index contributed by atoms with van der Waals surface area (Å²) in [5.41, 5.74) is 4.51. The van der Waals surface area contributed by atoms with Crippen molar-refractivity contribution >= 4 is 23.5 Å². The van der Waals surface area contributed by atoms with Crippen molar-refractivity contribution in [2.24, 2.45) is 0 Å². The van der Waals surface area contributed by atoms with Crippen molar-refractivity contribution in [1.82, 2.24) is 19.3 Å². The number of carbonyl (C=O) groups is 1. The summed E-state index contributed by atoms with van der Waals surface area (Å²) < 4.78 is 28.2. The third-order valence-corrected chi connectivity index (χ3v) is 6.77. The molecule has 0 radical (unpaired) electrons. The highest BCUT2D eigenvalue weighted by Gasteiger charge is 2.31. The summed E-state index contributed by atoms with van der Waals surface area (Å²) in [6.07, 6.45) is 3.02. The van der Waals surface area contributed by atoms with E-state index in [4.69, 9.17) is 21.0 Å². The average molecular weight is 557 g/mol. The van der Waals surface area contributed by atoms with Crippen LogP contribution < -0.4 is 9.64 Å². The lowest BCUT2D eigenvalue weighted by Gasteiger charge is -2.27. The Hall–Kier alpha value is -4.49. The first-order chi connectivity index (χ1) is 19.4. The van der Waals surface area contributed by atoms with Crippen molar-refractivity contribution in [3.63, 3.8) is 0 Å². The molecule has 4 aromatic rings. The van der Waals surface area contributed by atoms with Crippen LogP contribution in [0.5, 0.6) is 5.75 Å². The molecule has 0 bridgehead atoms. The fraction of sp³-hybridized carbons (Fsp3) is 0.355. The van der Waals surface area contributed by atoms with E-state index < -0.39 is 17.5 Å². The number of amides is 1. The average Bonchev–Trinajstić information content (AvgIpc) is 3.54. The van der Waals surface area contributed by atoms with Crippen LogP contribution in [-0.4, -0.2) is 51.7 Å². The van der Waals surface area contributed by atoms with Gasteiger partial charge in [0, 0.05) is 36.5 Å². The summed E-state index contributed by atoms with van der Waals surface area (Å²) in [5.74, 6) is 0.464. The molecule has 1 aliphatic heterocycles. The number of anilines is 1. The second-order valence-corrected chi connectivity index (χ2v) is 11.4. The minimum absolute atomic E-state index is 0.140. The van der Waals surface area contributed by atoms with Gasteiger partial charge < -0.3 is 19.2 Å². The van der Waals surface area contributed by atoms with Crippen LogP contribution in [0.1, 0.15) is 43.0 Å². The van der Waals surface area contributed by atoms with Crippen molar-refractivity contribution in [1.29, 1.82) is 0 Å². The Balaban J connectivity index is 1.66. The number of hydrogen-bond donors (Lipinski definition) is 0. The fourth-order valence-corrected chi connectivity index (χ4v) is 5.07. The molecular formula is C31H33FN6O3. The largest absolute Gasteiger partial charge is 0.493 e. The number of imidazole rings is 1. The lowest BCUT2D eigenvalue weighted by molar-refractivity contribution is 0.0574. The van der Waals surface area contributed by atoms with Crippen LogP contribution in [0.3, 0.4) is 0 Å². The summed E-state index contributed by atoms with van der Waals surface area (Å²) >= 11 is 0. The van der Waals surface area contributed by atoms with Gasteiger partial charge in [0.15, 0.2) is 0 Å².